The van der Waals surface area contributed by atoms with Crippen molar-refractivity contribution in [1.82, 2.24) is 0 Å². The summed E-state index contributed by atoms with van der Waals surface area (Å²) in [6, 6.07) is 84.1. The number of anilines is 6. The van der Waals surface area contributed by atoms with Gasteiger partial charge in [0, 0.05) is 78.3 Å². The maximum atomic E-state index is 6.50. The molecule has 14 aromatic rings. The molecule has 0 radical (unpaired) electrons. The molecule has 0 spiro atoms. The zero-order valence-corrected chi connectivity index (χ0v) is 78.3. The van der Waals surface area contributed by atoms with Crippen LogP contribution in [0, 0.1) is 84.9 Å². The Morgan fingerprint density at radius 2 is 0.553 bits per heavy atom. The molecule has 8 aliphatic carbocycles. The summed E-state index contributed by atoms with van der Waals surface area (Å²) in [4.78, 5) is 5.87. The molecule has 0 bridgehead atoms. The van der Waals surface area contributed by atoms with E-state index < -0.39 is 0 Å². The number of benzene rings is 10. The van der Waals surface area contributed by atoms with Gasteiger partial charge in [-0.05, 0) is 329 Å². The van der Waals surface area contributed by atoms with E-state index in [0.717, 1.165) is 11.4 Å². The number of allylic oxidation sites excluding steroid dienone is 4. The van der Waals surface area contributed by atoms with Crippen LogP contribution >= 0.6 is 68.5 Å². The highest BCUT2D eigenvalue weighted by atomic mass is 35.5. The minimum atomic E-state index is 0.0576. The molecule has 4 fully saturated rings. The Hall–Kier alpha value is -9.22. The maximum Gasteiger partial charge on any atom is 0.0762 e. The molecular formula is C113H116Cl2N4S4. The maximum absolute atomic E-state index is 6.50. The first-order chi connectivity index (χ1) is 59.5. The molecule has 0 aliphatic heterocycles. The summed E-state index contributed by atoms with van der Waals surface area (Å²) in [5, 5.41) is 22.0. The van der Waals surface area contributed by atoms with E-state index in [1.807, 2.05) is 63.5 Å². The predicted molar refractivity (Wildman–Crippen MR) is 539 cm³/mol. The number of hydrogen-bond acceptors (Lipinski definition) is 8. The SMILES string of the molecule is CC(C)Nc1ccccc1C1C(C)C(C)C2c3c(sc4ccccc34)C=CC12.CC1C(C)C2c3c(sc4ccccc34)C=CC2C1c1ccccc1NC(C)(C)C.CC1C(C)C2c3c(sc4ccccc34)C=CC2C1c1ccccc1Nc1c(Cl)cccc1Cl.Cc1cccc(C)c1Nc1ccccc1C1C(C)C(C)C2c3c(sc4ccccc34)C=CC12. The fourth-order valence-corrected chi connectivity index (χ4v) is 29.5. The lowest BCUT2D eigenvalue weighted by atomic mass is 9.76. The van der Waals surface area contributed by atoms with Crippen molar-refractivity contribution in [2.75, 3.05) is 21.3 Å². The number of halogens is 2. The Balaban J connectivity index is 0.000000108. The van der Waals surface area contributed by atoms with E-state index in [1.165, 1.54) is 116 Å². The second kappa shape index (κ2) is 33.9. The predicted octanol–water partition coefficient (Wildman–Crippen LogP) is 34.2. The van der Waals surface area contributed by atoms with Gasteiger partial charge in [-0.1, -0.05) is 273 Å². The van der Waals surface area contributed by atoms with E-state index >= 15 is 0 Å². The van der Waals surface area contributed by atoms with Crippen molar-refractivity contribution in [2.24, 2.45) is 71.0 Å². The van der Waals surface area contributed by atoms with Gasteiger partial charge in [0.05, 0.1) is 15.7 Å². The first kappa shape index (κ1) is 83.3. The molecule has 123 heavy (non-hydrogen) atoms. The quantitative estimate of drug-likeness (QED) is 0.104. The van der Waals surface area contributed by atoms with Gasteiger partial charge in [-0.3, -0.25) is 0 Å². The average Bonchev–Trinajstić information content (AvgIpc) is 1.59. The van der Waals surface area contributed by atoms with Gasteiger partial charge in [0.15, 0.2) is 0 Å². The molecule has 4 N–H and O–H groups in total. The van der Waals surface area contributed by atoms with Crippen molar-refractivity contribution in [1.29, 1.82) is 0 Å². The van der Waals surface area contributed by atoms with Crippen molar-refractivity contribution in [2.45, 2.75) is 163 Å². The molecule has 0 saturated heterocycles. The highest BCUT2D eigenvalue weighted by Gasteiger charge is 2.54. The van der Waals surface area contributed by atoms with Gasteiger partial charge in [0.25, 0.3) is 0 Å². The third-order valence-corrected chi connectivity index (χ3v) is 35.5. The van der Waals surface area contributed by atoms with Crippen LogP contribution in [-0.2, 0) is 0 Å². The normalized spacial score (nSPS) is 27.0. The Morgan fingerprint density at radius 3 is 0.878 bits per heavy atom. The number of aryl methyl sites for hydroxylation is 2. The fourth-order valence-electron chi connectivity index (χ4n) is 24.3. The Bertz CT molecular complexity index is 6180. The minimum Gasteiger partial charge on any atom is -0.383 e. The van der Waals surface area contributed by atoms with E-state index in [9.17, 15) is 0 Å². The Kier molecular flexibility index (Phi) is 23.0. The van der Waals surface area contributed by atoms with E-state index in [-0.39, 0.29) is 5.54 Å². The summed E-state index contributed by atoms with van der Waals surface area (Å²) in [6.07, 6.45) is 19.7. The van der Waals surface area contributed by atoms with Crippen LogP contribution in [0.4, 0.5) is 34.1 Å². The van der Waals surface area contributed by atoms with Crippen molar-refractivity contribution in [3.63, 3.8) is 0 Å². The van der Waals surface area contributed by atoms with Crippen molar-refractivity contribution >= 4 is 167 Å². The Labute approximate surface area is 756 Å². The number of rotatable bonds is 11. The Morgan fingerprint density at radius 1 is 0.293 bits per heavy atom. The van der Waals surface area contributed by atoms with Crippen LogP contribution < -0.4 is 21.3 Å². The van der Waals surface area contributed by atoms with Crippen molar-refractivity contribution in [3.8, 4) is 0 Å². The molecule has 20 unspecified atom stereocenters. The summed E-state index contributed by atoms with van der Waals surface area (Å²) >= 11 is 20.8. The summed E-state index contributed by atoms with van der Waals surface area (Å²) in [5.41, 5.74) is 21.8. The van der Waals surface area contributed by atoms with Crippen LogP contribution in [0.5, 0.6) is 0 Å². The molecule has 8 aliphatic rings. The van der Waals surface area contributed by atoms with Gasteiger partial charge in [-0.2, -0.15) is 0 Å². The van der Waals surface area contributed by atoms with Gasteiger partial charge in [-0.25, -0.2) is 0 Å². The number of para-hydroxylation sites is 6. The third-order valence-electron chi connectivity index (χ3n) is 30.2. The van der Waals surface area contributed by atoms with Crippen LogP contribution in [0.25, 0.3) is 64.6 Å². The molecular weight excluding hydrogens is 1610 g/mol. The minimum absolute atomic E-state index is 0.0576. The zero-order valence-electron chi connectivity index (χ0n) is 73.6. The fraction of sp³-hybridized carbons (Fsp3) is 0.327. The molecule has 4 aromatic heterocycles. The average molecular weight is 1730 g/mol. The van der Waals surface area contributed by atoms with Gasteiger partial charge in [0.2, 0.25) is 0 Å². The summed E-state index contributed by atoms with van der Waals surface area (Å²) < 4.78 is 5.68. The van der Waals surface area contributed by atoms with E-state index in [2.05, 4.69) is 386 Å². The third kappa shape index (κ3) is 15.0. The van der Waals surface area contributed by atoms with Gasteiger partial charge < -0.3 is 21.3 Å². The van der Waals surface area contributed by atoms with E-state index in [1.54, 1.807) is 22.3 Å². The van der Waals surface area contributed by atoms with Crippen LogP contribution in [0.15, 0.2) is 255 Å². The number of thiophene rings is 4. The smallest absolute Gasteiger partial charge is 0.0762 e. The van der Waals surface area contributed by atoms with Crippen molar-refractivity contribution < 1.29 is 0 Å². The highest BCUT2D eigenvalue weighted by molar-refractivity contribution is 7.21. The molecule has 626 valence electrons. The molecule has 10 heteroatoms. The summed E-state index contributed by atoms with van der Waals surface area (Å²) in [7, 11) is 0. The summed E-state index contributed by atoms with van der Waals surface area (Å²) in [6.45, 7) is 35.3. The highest BCUT2D eigenvalue weighted by Crippen LogP contribution is 2.66. The lowest BCUT2D eigenvalue weighted by Gasteiger charge is -2.31. The van der Waals surface area contributed by atoms with Crippen LogP contribution in [0.3, 0.4) is 0 Å². The zero-order chi connectivity index (χ0) is 85.1. The second-order valence-electron chi connectivity index (χ2n) is 38.5. The van der Waals surface area contributed by atoms with Gasteiger partial charge >= 0.3 is 0 Å². The first-order valence-corrected chi connectivity index (χ1v) is 49.2. The van der Waals surface area contributed by atoms with E-state index in [4.69, 9.17) is 23.2 Å². The first-order valence-electron chi connectivity index (χ1n) is 45.2. The number of hydrogen-bond donors (Lipinski definition) is 4. The number of nitrogens with one attached hydrogen (secondary N) is 4. The molecule has 0 amide bonds. The van der Waals surface area contributed by atoms with Gasteiger partial charge in [-0.15, -0.1) is 45.3 Å². The van der Waals surface area contributed by atoms with Crippen LogP contribution in [0.1, 0.15) is 212 Å². The molecule has 20 atom stereocenters. The van der Waals surface area contributed by atoms with Crippen molar-refractivity contribution in [3.05, 3.63) is 340 Å². The molecule has 4 nitrogen and oxygen atoms in total. The summed E-state index contributed by atoms with van der Waals surface area (Å²) in [5.74, 6) is 11.5. The second-order valence-corrected chi connectivity index (χ2v) is 43.6. The van der Waals surface area contributed by atoms with E-state index in [0.29, 0.717) is 134 Å². The largest absolute Gasteiger partial charge is 0.383 e. The molecule has 4 heterocycles. The molecule has 4 saturated carbocycles. The van der Waals surface area contributed by atoms with Crippen LogP contribution in [0.2, 0.25) is 10.0 Å². The monoisotopic (exact) mass is 1730 g/mol. The lowest BCUT2D eigenvalue weighted by molar-refractivity contribution is 0.403. The molecule has 10 aromatic carbocycles. The van der Waals surface area contributed by atoms with Gasteiger partial charge in [0.1, 0.15) is 0 Å². The lowest BCUT2D eigenvalue weighted by Crippen LogP contribution is -2.27. The van der Waals surface area contributed by atoms with Crippen LogP contribution in [-0.4, -0.2) is 11.6 Å². The topological polar surface area (TPSA) is 48.1 Å². The molecule has 22 rings (SSSR count). The standard InChI is InChI=1S/C31H31NS.C29H25Cl2NS.C27H31NS.C26H29NS/c1-18-10-9-11-19(2)31(18)32-25-14-7-5-12-22(25)28-20(3)21(4)29-24(28)16-17-27-30(29)23-13-6-8-15-26(23)33-27;1-16-17(2)27-20(14-15-25-28(27)19-9-4-6-13-24(19)33-25)26(16)18-8-3-5-12-23(18)32-29-21(30)10-7-11-22(29)31;1-16-17(2)25-20(14-15-23-26(25)19-11-7-9-13-22(19)29-23)24(16)18-10-6-8-12-21(18)28-27(3,4)5;1-15(2)27-21-11-7-5-9-18(21)24-16(3)17(4)25-20(24)13-14-23-26(25)19-10-6-8-12-22(19)28-23/h5-17,20-21,24,28-29,32H,1-4H3;3-17,20,26-27,32H,1-2H3;6-17,20,24-25,28H,1-5H3;5-17,20,24-25,27H,1-4H3. The number of fused-ring (bicyclic) bond motifs is 20.